The van der Waals surface area contributed by atoms with Crippen molar-refractivity contribution in [3.63, 3.8) is 0 Å². The van der Waals surface area contributed by atoms with Crippen LogP contribution in [0.4, 0.5) is 0 Å². The summed E-state index contributed by atoms with van der Waals surface area (Å²) in [5.41, 5.74) is 0. The van der Waals surface area contributed by atoms with Crippen LogP contribution in [-0.4, -0.2) is 101 Å². The van der Waals surface area contributed by atoms with E-state index in [0.29, 0.717) is 0 Å². The van der Waals surface area contributed by atoms with Gasteiger partial charge in [0.15, 0.2) is 0 Å². The molecule has 4 heavy (non-hydrogen) atoms. The number of hydrogen-bond donors (Lipinski definition) is 0. The van der Waals surface area contributed by atoms with Gasteiger partial charge in [-0.25, -0.2) is 0 Å². The minimum Gasteiger partial charge on any atom is 0 e. The predicted molar refractivity (Wildman–Crippen MR) is 23.0 cm³/mol. The van der Waals surface area contributed by atoms with Gasteiger partial charge in [0.25, 0.3) is 0 Å². The Morgan fingerprint density at radius 1 is 0.500 bits per heavy atom. The SMILES string of the molecule is [Bi].[Bi].[Sb].[Sb]. The van der Waals surface area contributed by atoms with Crippen LogP contribution in [0.3, 0.4) is 0 Å². The topological polar surface area (TPSA) is 0 Å². The maximum atomic E-state index is 0. The van der Waals surface area contributed by atoms with Gasteiger partial charge in [-0.15, -0.1) is 0 Å². The fourth-order valence-electron chi connectivity index (χ4n) is 0. The van der Waals surface area contributed by atoms with Crippen LogP contribution >= 0.6 is 0 Å². The van der Waals surface area contributed by atoms with Crippen LogP contribution in [0.25, 0.3) is 0 Å². The van der Waals surface area contributed by atoms with E-state index in [1.54, 1.807) is 0 Å². The molecular weight excluding hydrogens is 661 g/mol. The molecule has 0 aromatic heterocycles. The summed E-state index contributed by atoms with van der Waals surface area (Å²) >= 11 is 0. The normalized spacial score (nSPS) is 0. The summed E-state index contributed by atoms with van der Waals surface area (Å²) in [7, 11) is 0. The molecule has 12 radical (unpaired) electrons. The summed E-state index contributed by atoms with van der Waals surface area (Å²) in [4.78, 5) is 0. The summed E-state index contributed by atoms with van der Waals surface area (Å²) in [5, 5.41) is 0. The first kappa shape index (κ1) is 26.2. The molecule has 0 aromatic carbocycles. The minimum absolute atomic E-state index is 0. The summed E-state index contributed by atoms with van der Waals surface area (Å²) in [6.07, 6.45) is 0. The van der Waals surface area contributed by atoms with E-state index in [0.717, 1.165) is 0 Å². The Kier molecular flexibility index (Phi) is 106. The molecule has 0 fully saturated rings. The van der Waals surface area contributed by atoms with Gasteiger partial charge >= 0.3 is 0 Å². The van der Waals surface area contributed by atoms with Gasteiger partial charge in [-0.3, -0.25) is 0 Å². The first-order valence-electron chi connectivity index (χ1n) is 0. The van der Waals surface area contributed by atoms with Crippen LogP contribution in [0.5, 0.6) is 0 Å². The average molecular weight is 661 g/mol. The maximum Gasteiger partial charge on any atom is 0 e. The van der Waals surface area contributed by atoms with Crippen molar-refractivity contribution in [3.05, 3.63) is 0 Å². The predicted octanol–water partition coefficient (Wildman–Crippen LogP) is -1.52. The Hall–Kier alpha value is 3.40. The largest absolute Gasteiger partial charge is 0 e. The molecule has 0 saturated heterocycles. The zero-order valence-corrected chi connectivity index (χ0v) is 13.8. The van der Waals surface area contributed by atoms with E-state index in [-0.39, 0.29) is 101 Å². The molecule has 0 aliphatic heterocycles. The van der Waals surface area contributed by atoms with Crippen molar-refractivity contribution in [1.29, 1.82) is 0 Å². The van der Waals surface area contributed by atoms with Crippen LogP contribution < -0.4 is 0 Å². The molecule has 0 N–H and O–H groups in total. The molecule has 0 spiro atoms. The summed E-state index contributed by atoms with van der Waals surface area (Å²) < 4.78 is 0. The van der Waals surface area contributed by atoms with E-state index in [1.807, 2.05) is 0 Å². The second kappa shape index (κ2) is 16.1. The molecule has 0 unspecified atom stereocenters. The molecule has 0 amide bonds. The molecule has 0 nitrogen and oxygen atoms in total. The van der Waals surface area contributed by atoms with Crippen molar-refractivity contribution < 1.29 is 0 Å². The van der Waals surface area contributed by atoms with Gasteiger partial charge in [-0.2, -0.15) is 0 Å². The molecule has 0 heterocycles. The van der Waals surface area contributed by atoms with Crippen LogP contribution in [0.15, 0.2) is 0 Å². The van der Waals surface area contributed by atoms with Gasteiger partial charge in [-0.1, -0.05) is 0 Å². The standard InChI is InChI=1S/2Bi.2Sb. The van der Waals surface area contributed by atoms with Gasteiger partial charge in [0, 0.05) is 101 Å². The number of hydrogen-bond acceptors (Lipinski definition) is 0. The first-order valence-corrected chi connectivity index (χ1v) is 0. The third-order valence-corrected chi connectivity index (χ3v) is 0. The first-order chi connectivity index (χ1) is 0. The molecule has 0 saturated carbocycles. The second-order valence-corrected chi connectivity index (χ2v) is 0. The van der Waals surface area contributed by atoms with Crippen molar-refractivity contribution in [1.82, 2.24) is 0 Å². The summed E-state index contributed by atoms with van der Waals surface area (Å²) in [5.74, 6) is 0. The van der Waals surface area contributed by atoms with Gasteiger partial charge in [0.2, 0.25) is 0 Å². The Labute approximate surface area is 99.0 Å². The Balaban J connectivity index is 0. The molecule has 0 atom stereocenters. The minimum atomic E-state index is 0. The van der Waals surface area contributed by atoms with Crippen LogP contribution in [0, 0.1) is 0 Å². The van der Waals surface area contributed by atoms with Crippen molar-refractivity contribution in [3.8, 4) is 0 Å². The second-order valence-electron chi connectivity index (χ2n) is 0. The quantitative estimate of drug-likeness (QED) is 0.277. The molecule has 0 aromatic rings. The van der Waals surface area contributed by atoms with Gasteiger partial charge in [-0.05, 0) is 0 Å². The van der Waals surface area contributed by atoms with Gasteiger partial charge < -0.3 is 0 Å². The van der Waals surface area contributed by atoms with E-state index in [4.69, 9.17) is 0 Å². The van der Waals surface area contributed by atoms with E-state index in [1.165, 1.54) is 0 Å². The molecule has 4 heteroatoms. The van der Waals surface area contributed by atoms with Crippen molar-refractivity contribution in [2.75, 3.05) is 0 Å². The van der Waals surface area contributed by atoms with E-state index in [2.05, 4.69) is 0 Å². The van der Waals surface area contributed by atoms with Gasteiger partial charge in [0.05, 0.1) is 0 Å². The Morgan fingerprint density at radius 3 is 0.500 bits per heavy atom. The fourth-order valence-corrected chi connectivity index (χ4v) is 0. The molecule has 20 valence electrons. The zero-order chi connectivity index (χ0) is 0. The van der Waals surface area contributed by atoms with Crippen LogP contribution in [0.1, 0.15) is 0 Å². The van der Waals surface area contributed by atoms with Crippen molar-refractivity contribution in [2.24, 2.45) is 0 Å². The van der Waals surface area contributed by atoms with Crippen LogP contribution in [0.2, 0.25) is 0 Å². The third-order valence-electron chi connectivity index (χ3n) is 0. The molecule has 0 aliphatic carbocycles. The summed E-state index contributed by atoms with van der Waals surface area (Å²) in [6, 6.07) is 0. The van der Waals surface area contributed by atoms with Gasteiger partial charge in [0.1, 0.15) is 0 Å². The average Bonchev–Trinajstić information content (AvgIpc) is 0. The number of rotatable bonds is 0. The van der Waals surface area contributed by atoms with E-state index < -0.39 is 0 Å². The molecular formula is Bi2Sb2. The molecule has 0 rings (SSSR count). The van der Waals surface area contributed by atoms with E-state index >= 15 is 0 Å². The molecule has 0 bridgehead atoms. The monoisotopic (exact) mass is 660 g/mol. The maximum absolute atomic E-state index is 0. The Morgan fingerprint density at radius 2 is 0.500 bits per heavy atom. The Bertz CT molecular complexity index is 4.00. The van der Waals surface area contributed by atoms with Crippen molar-refractivity contribution >= 4 is 101 Å². The summed E-state index contributed by atoms with van der Waals surface area (Å²) in [6.45, 7) is 0. The van der Waals surface area contributed by atoms with Crippen molar-refractivity contribution in [2.45, 2.75) is 0 Å². The van der Waals surface area contributed by atoms with Crippen LogP contribution in [-0.2, 0) is 0 Å². The third kappa shape index (κ3) is 9.04. The molecule has 0 aliphatic rings. The smallest absolute Gasteiger partial charge is 0 e. The fraction of sp³-hybridized carbons (Fsp3) is 0. The zero-order valence-electron chi connectivity index (χ0n) is 1.79. The van der Waals surface area contributed by atoms with E-state index in [9.17, 15) is 0 Å².